The van der Waals surface area contributed by atoms with Crippen molar-refractivity contribution in [1.82, 2.24) is 10.6 Å². The van der Waals surface area contributed by atoms with Crippen molar-refractivity contribution in [2.45, 2.75) is 118 Å². The molecule has 4 unspecified atom stereocenters. The predicted octanol–water partition coefficient (Wildman–Crippen LogP) is 7.35. The van der Waals surface area contributed by atoms with Crippen LogP contribution < -0.4 is 10.6 Å². The normalized spacial score (nSPS) is 53.5. The average molecular weight is 565 g/mol. The van der Waals surface area contributed by atoms with Gasteiger partial charge in [-0.1, -0.05) is 31.7 Å². The third-order valence-corrected chi connectivity index (χ3v) is 19.5. The summed E-state index contributed by atoms with van der Waals surface area (Å²) < 4.78 is 0. The summed E-state index contributed by atoms with van der Waals surface area (Å²) in [5, 5.41) is 8.28. The molecular weight excluding hydrogens is 510 g/mol. The molecule has 2 nitrogen and oxygen atoms in total. The summed E-state index contributed by atoms with van der Waals surface area (Å²) in [5.74, 6) is 9.48. The highest BCUT2D eigenvalue weighted by Gasteiger charge is 2.58. The molecule has 9 aliphatic carbocycles. The largest absolute Gasteiger partial charge is 0.313 e. The summed E-state index contributed by atoms with van der Waals surface area (Å²) >= 11 is 0. The molecule has 0 aromatic heterocycles. The van der Waals surface area contributed by atoms with Crippen LogP contribution in [0.2, 0.25) is 0 Å². The lowest BCUT2D eigenvalue weighted by Crippen LogP contribution is -2.59. The Morgan fingerprint density at radius 1 is 0.692 bits per heavy atom. The summed E-state index contributed by atoms with van der Waals surface area (Å²) in [4.78, 5) is 0. The monoisotopic (exact) mass is 564 g/mol. The number of nitrogens with one attached hydrogen (secondary N) is 2. The number of hydrogen-bond donors (Lipinski definition) is 2. The van der Waals surface area contributed by atoms with Crippen LogP contribution in [0.1, 0.15) is 89.9 Å². The SMILES string of the molecule is PC(C1CCCN1)(C1CCCN1)C1C=CC=C1CP(C1C2CC3CC(C2)CC1C3)C1C2CC3CC(C2)CC1C3. The first-order valence-corrected chi connectivity index (χ1v) is 19.8. The second-order valence-corrected chi connectivity index (χ2v) is 20.0. The van der Waals surface area contributed by atoms with Crippen LogP contribution in [0.5, 0.6) is 0 Å². The molecule has 2 heterocycles. The molecule has 0 amide bonds. The second-order valence-electron chi connectivity index (χ2n) is 16.4. The fourth-order valence-corrected chi connectivity index (χ4v) is 19.1. The summed E-state index contributed by atoms with van der Waals surface area (Å²) in [6, 6.07) is 1.28. The molecule has 0 aromatic rings. The maximum Gasteiger partial charge on any atom is 0.0255 e. The molecule has 4 heteroatoms. The standard InChI is InChI=1S/C35H54N2P2/c38-35(31-6-2-8-36-31,32-7-3-9-37-32)30-5-1-4-25(30)20-39(33-26-12-21-10-22(14-26)15-27(33)13-21)34-28-16-23-11-24(18-28)19-29(34)17-23/h1,4-5,21-24,26-34,36-37H,2-3,6-20,38H2. The third kappa shape index (κ3) is 4.14. The van der Waals surface area contributed by atoms with E-state index in [1.165, 1.54) is 44.9 Å². The summed E-state index contributed by atoms with van der Waals surface area (Å²) in [7, 11) is 3.62. The van der Waals surface area contributed by atoms with Crippen LogP contribution in [-0.4, -0.2) is 47.8 Å². The second kappa shape index (κ2) is 9.90. The Morgan fingerprint density at radius 3 is 1.56 bits per heavy atom. The zero-order chi connectivity index (χ0) is 25.7. The first-order valence-electron chi connectivity index (χ1n) is 17.5. The Kier molecular flexibility index (Phi) is 6.53. The van der Waals surface area contributed by atoms with Gasteiger partial charge in [-0.2, -0.15) is 0 Å². The highest BCUT2D eigenvalue weighted by atomic mass is 31.1. The lowest BCUT2D eigenvalue weighted by Gasteiger charge is -2.62. The van der Waals surface area contributed by atoms with Crippen LogP contribution >= 0.6 is 17.2 Å². The molecule has 0 spiro atoms. The molecule has 2 saturated heterocycles. The van der Waals surface area contributed by atoms with E-state index >= 15 is 0 Å². The number of allylic oxidation sites excluding steroid dienone is 4. The van der Waals surface area contributed by atoms with Crippen molar-refractivity contribution in [3.05, 3.63) is 23.8 Å². The Balaban J connectivity index is 1.06. The van der Waals surface area contributed by atoms with Gasteiger partial charge in [0.2, 0.25) is 0 Å². The molecule has 0 radical (unpaired) electrons. The van der Waals surface area contributed by atoms with Crippen LogP contribution in [0, 0.1) is 53.3 Å². The minimum absolute atomic E-state index is 0.0720. The predicted molar refractivity (Wildman–Crippen MR) is 169 cm³/mol. The van der Waals surface area contributed by atoms with E-state index in [1.807, 2.05) is 5.57 Å². The van der Waals surface area contributed by atoms with Gasteiger partial charge < -0.3 is 10.6 Å². The topological polar surface area (TPSA) is 24.1 Å². The summed E-state index contributed by atoms with van der Waals surface area (Å²) in [5.41, 5.74) is 4.11. The molecule has 8 saturated carbocycles. The van der Waals surface area contributed by atoms with Crippen molar-refractivity contribution < 1.29 is 0 Å². The van der Waals surface area contributed by atoms with Crippen molar-refractivity contribution in [3.8, 4) is 0 Å². The molecule has 0 aromatic carbocycles. The van der Waals surface area contributed by atoms with E-state index in [4.69, 9.17) is 0 Å². The summed E-state index contributed by atoms with van der Waals surface area (Å²) in [6.45, 7) is 2.44. The van der Waals surface area contributed by atoms with Gasteiger partial charge in [-0.3, -0.25) is 0 Å². The van der Waals surface area contributed by atoms with Gasteiger partial charge in [-0.05, 0) is 168 Å². The Morgan fingerprint density at radius 2 is 1.15 bits per heavy atom. The molecule has 8 bridgehead atoms. The zero-order valence-corrected chi connectivity index (χ0v) is 26.3. The molecule has 2 aliphatic heterocycles. The molecular formula is C35H54N2P2. The Labute approximate surface area is 242 Å². The molecule has 39 heavy (non-hydrogen) atoms. The maximum absolute atomic E-state index is 4.02. The van der Waals surface area contributed by atoms with E-state index in [1.54, 1.807) is 64.2 Å². The minimum Gasteiger partial charge on any atom is -0.313 e. The van der Waals surface area contributed by atoms with E-state index in [2.05, 4.69) is 38.1 Å². The fourth-order valence-electron chi connectivity index (χ4n) is 13.6. The first-order chi connectivity index (χ1) is 19.1. The van der Waals surface area contributed by atoms with Gasteiger partial charge in [0.15, 0.2) is 0 Å². The van der Waals surface area contributed by atoms with Gasteiger partial charge >= 0.3 is 0 Å². The lowest BCUT2D eigenvalue weighted by molar-refractivity contribution is 0.0130. The smallest absolute Gasteiger partial charge is 0.0255 e. The molecule has 11 aliphatic rings. The number of hydrogen-bond acceptors (Lipinski definition) is 2. The van der Waals surface area contributed by atoms with Crippen molar-refractivity contribution in [2.75, 3.05) is 19.3 Å². The van der Waals surface area contributed by atoms with Crippen molar-refractivity contribution >= 4 is 17.2 Å². The maximum atomic E-state index is 4.02. The van der Waals surface area contributed by atoms with Crippen molar-refractivity contribution in [1.29, 1.82) is 0 Å². The van der Waals surface area contributed by atoms with Gasteiger partial charge in [0, 0.05) is 23.2 Å². The van der Waals surface area contributed by atoms with Crippen LogP contribution in [0.15, 0.2) is 23.8 Å². The highest BCUT2D eigenvalue weighted by Crippen LogP contribution is 2.72. The molecule has 214 valence electrons. The van der Waals surface area contributed by atoms with Gasteiger partial charge in [0.05, 0.1) is 0 Å². The van der Waals surface area contributed by atoms with E-state index in [0.29, 0.717) is 18.0 Å². The van der Waals surface area contributed by atoms with E-state index in [9.17, 15) is 0 Å². The first kappa shape index (κ1) is 25.7. The van der Waals surface area contributed by atoms with Crippen LogP contribution in [0.3, 0.4) is 0 Å². The Bertz CT molecular complexity index is 892. The van der Waals surface area contributed by atoms with Crippen LogP contribution in [0.25, 0.3) is 0 Å². The minimum atomic E-state index is 0.0720. The van der Waals surface area contributed by atoms with Crippen LogP contribution in [0.4, 0.5) is 0 Å². The van der Waals surface area contributed by atoms with Crippen LogP contribution in [-0.2, 0) is 0 Å². The Hall–Kier alpha value is 0.260. The number of rotatable bonds is 7. The van der Waals surface area contributed by atoms with Crippen molar-refractivity contribution in [2.24, 2.45) is 53.3 Å². The van der Waals surface area contributed by atoms with Crippen molar-refractivity contribution in [3.63, 3.8) is 0 Å². The molecule has 4 atom stereocenters. The van der Waals surface area contributed by atoms with Gasteiger partial charge in [-0.25, -0.2) is 0 Å². The van der Waals surface area contributed by atoms with E-state index < -0.39 is 0 Å². The lowest BCUT2D eigenvalue weighted by atomic mass is 9.55. The molecule has 2 N–H and O–H groups in total. The highest BCUT2D eigenvalue weighted by molar-refractivity contribution is 7.59. The van der Waals surface area contributed by atoms with Gasteiger partial charge in [0.1, 0.15) is 0 Å². The quantitative estimate of drug-likeness (QED) is 0.316. The zero-order valence-electron chi connectivity index (χ0n) is 24.3. The average Bonchev–Trinajstić information content (AvgIpc) is 3.71. The third-order valence-electron chi connectivity index (χ3n) is 14.4. The van der Waals surface area contributed by atoms with Gasteiger partial charge in [-0.15, -0.1) is 9.24 Å². The molecule has 11 rings (SSSR count). The van der Waals surface area contributed by atoms with E-state index in [0.717, 1.165) is 58.7 Å². The van der Waals surface area contributed by atoms with E-state index in [-0.39, 0.29) is 13.1 Å². The fraction of sp³-hybridized carbons (Fsp3) is 0.886. The molecule has 10 fully saturated rings. The summed E-state index contributed by atoms with van der Waals surface area (Å²) in [6.07, 6.45) is 30.9. The van der Waals surface area contributed by atoms with Gasteiger partial charge in [0.25, 0.3) is 0 Å².